The van der Waals surface area contributed by atoms with Crippen molar-refractivity contribution in [2.75, 3.05) is 0 Å². The van der Waals surface area contributed by atoms with Crippen LogP contribution in [0.5, 0.6) is 0 Å². The van der Waals surface area contributed by atoms with E-state index in [1.165, 1.54) is 0 Å². The third kappa shape index (κ3) is 1.94. The van der Waals surface area contributed by atoms with Gasteiger partial charge in [-0.15, -0.1) is 3.97 Å². The summed E-state index contributed by atoms with van der Waals surface area (Å²) in [6.45, 7) is 0. The molecule has 0 N–H and O–H groups in total. The molecule has 0 fully saturated rings. The van der Waals surface area contributed by atoms with E-state index < -0.39 is 11.4 Å². The lowest BCUT2D eigenvalue weighted by atomic mass is 10.3. The molecule has 3 aromatic rings. The molecule has 0 bridgehead atoms. The van der Waals surface area contributed by atoms with Crippen molar-refractivity contribution in [3.8, 4) is 0 Å². The van der Waals surface area contributed by atoms with Gasteiger partial charge in [0, 0.05) is 16.1 Å². The van der Waals surface area contributed by atoms with E-state index in [0.29, 0.717) is 5.65 Å². The van der Waals surface area contributed by atoms with Crippen LogP contribution >= 0.6 is 15.9 Å². The van der Waals surface area contributed by atoms with Crippen molar-refractivity contribution in [2.45, 2.75) is 4.90 Å². The van der Waals surface area contributed by atoms with Crippen LogP contribution in [0.15, 0.2) is 64.2 Å². The fourth-order valence-electron chi connectivity index (χ4n) is 1.77. The van der Waals surface area contributed by atoms with Gasteiger partial charge in [-0.1, -0.05) is 18.2 Å². The van der Waals surface area contributed by atoms with Crippen LogP contribution in [0.1, 0.15) is 0 Å². The van der Waals surface area contributed by atoms with Gasteiger partial charge in [0.25, 0.3) is 0 Å². The molecule has 0 saturated heterocycles. The molecule has 0 radical (unpaired) electrons. The topological polar surface area (TPSA) is 40.9 Å². The van der Waals surface area contributed by atoms with Crippen LogP contribution in [-0.4, -0.2) is 13.5 Å². The number of hydrogen-bond acceptors (Lipinski definition) is 2. The Kier molecular flexibility index (Phi) is 3.11. The minimum atomic E-state index is -1.27. The monoisotopic (exact) mass is 320 g/mol. The highest BCUT2D eigenvalue weighted by atomic mass is 79.9. The molecule has 0 spiro atoms. The number of aromatic nitrogens is 2. The Morgan fingerprint density at radius 1 is 1.11 bits per heavy atom. The van der Waals surface area contributed by atoms with Gasteiger partial charge < -0.3 is 4.55 Å². The maximum Gasteiger partial charge on any atom is 0.187 e. The molecule has 1 aromatic carbocycles. The Labute approximate surface area is 116 Å². The summed E-state index contributed by atoms with van der Waals surface area (Å²) in [7, 11) is 0. The largest absolute Gasteiger partial charge is 0.587 e. The molecule has 2 heterocycles. The van der Waals surface area contributed by atoms with Crippen molar-refractivity contribution in [2.24, 2.45) is 0 Å². The average molecular weight is 321 g/mol. The normalized spacial score (nSPS) is 12.8. The molecular formula is C13H9BrN2OS. The summed E-state index contributed by atoms with van der Waals surface area (Å²) < 4.78 is 15.1. The van der Waals surface area contributed by atoms with Gasteiger partial charge in [0.2, 0.25) is 0 Å². The van der Waals surface area contributed by atoms with E-state index in [-0.39, 0.29) is 0 Å². The quantitative estimate of drug-likeness (QED) is 0.679. The summed E-state index contributed by atoms with van der Waals surface area (Å²) in [6.07, 6.45) is 3.50. The van der Waals surface area contributed by atoms with Gasteiger partial charge >= 0.3 is 0 Å². The zero-order valence-corrected chi connectivity index (χ0v) is 11.7. The van der Waals surface area contributed by atoms with Crippen molar-refractivity contribution in [1.82, 2.24) is 8.96 Å². The van der Waals surface area contributed by atoms with E-state index in [4.69, 9.17) is 0 Å². The molecule has 3 rings (SSSR count). The second-order valence-corrected chi connectivity index (χ2v) is 5.95. The molecule has 0 aliphatic rings. The molecule has 3 nitrogen and oxygen atoms in total. The number of hydrogen-bond donors (Lipinski definition) is 0. The van der Waals surface area contributed by atoms with Crippen LogP contribution in [0.4, 0.5) is 0 Å². The predicted molar refractivity (Wildman–Crippen MR) is 75.7 cm³/mol. The molecule has 1 atom stereocenters. The lowest BCUT2D eigenvalue weighted by molar-refractivity contribution is 0.587. The van der Waals surface area contributed by atoms with Crippen LogP contribution in [0.25, 0.3) is 11.0 Å². The molecule has 0 aliphatic heterocycles. The molecule has 0 aliphatic carbocycles. The first-order valence-electron chi connectivity index (χ1n) is 5.36. The molecule has 90 valence electrons. The number of fused-ring (bicyclic) bond motifs is 1. The molecular weight excluding hydrogens is 312 g/mol. The minimum Gasteiger partial charge on any atom is -0.587 e. The second-order valence-electron chi connectivity index (χ2n) is 3.73. The Hall–Kier alpha value is -1.30. The van der Waals surface area contributed by atoms with Crippen molar-refractivity contribution >= 4 is 38.3 Å². The highest BCUT2D eigenvalue weighted by molar-refractivity contribution is 9.10. The first-order valence-corrected chi connectivity index (χ1v) is 7.26. The van der Waals surface area contributed by atoms with Crippen molar-refractivity contribution in [1.29, 1.82) is 0 Å². The number of benzene rings is 1. The third-order valence-electron chi connectivity index (χ3n) is 2.62. The Morgan fingerprint density at radius 3 is 2.67 bits per heavy atom. The SMILES string of the molecule is [O-][S+](c1ccccc1)n1ccc2c(Br)ccnc21. The van der Waals surface area contributed by atoms with Crippen LogP contribution in [-0.2, 0) is 11.4 Å². The number of halogens is 1. The second kappa shape index (κ2) is 4.76. The minimum absolute atomic E-state index is 0.714. The van der Waals surface area contributed by atoms with Gasteiger partial charge in [-0.2, -0.15) is 0 Å². The van der Waals surface area contributed by atoms with Gasteiger partial charge in [0.05, 0.1) is 6.20 Å². The van der Waals surface area contributed by atoms with Crippen LogP contribution < -0.4 is 0 Å². The van der Waals surface area contributed by atoms with Crippen molar-refractivity contribution in [3.63, 3.8) is 0 Å². The number of nitrogens with zero attached hydrogens (tertiary/aromatic N) is 2. The first-order chi connectivity index (χ1) is 8.77. The van der Waals surface area contributed by atoms with Crippen LogP contribution in [0.3, 0.4) is 0 Å². The fourth-order valence-corrected chi connectivity index (χ4v) is 3.29. The van der Waals surface area contributed by atoms with E-state index in [2.05, 4.69) is 20.9 Å². The van der Waals surface area contributed by atoms with Gasteiger partial charge in [0.15, 0.2) is 10.5 Å². The summed E-state index contributed by atoms with van der Waals surface area (Å²) in [4.78, 5) is 5.05. The van der Waals surface area contributed by atoms with E-state index in [1.807, 2.05) is 42.5 Å². The summed E-state index contributed by atoms with van der Waals surface area (Å²) in [5, 5.41) is 0.960. The maximum absolute atomic E-state index is 12.5. The van der Waals surface area contributed by atoms with E-state index >= 15 is 0 Å². The summed E-state index contributed by atoms with van der Waals surface area (Å²) >= 11 is 2.20. The summed E-state index contributed by atoms with van der Waals surface area (Å²) in [6, 6.07) is 13.1. The smallest absolute Gasteiger partial charge is 0.187 e. The standard InChI is InChI=1S/C13H9BrN2OS/c14-12-6-8-15-13-11(12)7-9-16(13)18(17)10-4-2-1-3-5-10/h1-9H. The number of rotatable bonds is 2. The molecule has 1 unspecified atom stereocenters. The molecule has 2 aromatic heterocycles. The average Bonchev–Trinajstić information content (AvgIpc) is 2.84. The highest BCUT2D eigenvalue weighted by Crippen LogP contribution is 2.25. The predicted octanol–water partition coefficient (Wildman–Crippen LogP) is 3.37. The van der Waals surface area contributed by atoms with Crippen LogP contribution in [0, 0.1) is 0 Å². The summed E-state index contributed by atoms with van der Waals surface area (Å²) in [5.74, 6) is 0. The van der Waals surface area contributed by atoms with Gasteiger partial charge in [-0.05, 0) is 40.2 Å². The van der Waals surface area contributed by atoms with Crippen LogP contribution in [0.2, 0.25) is 0 Å². The van der Waals surface area contributed by atoms with Crippen molar-refractivity contribution < 1.29 is 4.55 Å². The zero-order chi connectivity index (χ0) is 12.5. The Bertz CT molecular complexity index is 684. The van der Waals surface area contributed by atoms with Gasteiger partial charge in [-0.3, -0.25) is 0 Å². The van der Waals surface area contributed by atoms with Crippen molar-refractivity contribution in [3.05, 3.63) is 59.3 Å². The van der Waals surface area contributed by atoms with Gasteiger partial charge in [-0.25, -0.2) is 4.98 Å². The van der Waals surface area contributed by atoms with E-state index in [0.717, 1.165) is 14.8 Å². The molecule has 18 heavy (non-hydrogen) atoms. The fraction of sp³-hybridized carbons (Fsp3) is 0. The highest BCUT2D eigenvalue weighted by Gasteiger charge is 2.17. The van der Waals surface area contributed by atoms with E-state index in [1.54, 1.807) is 16.4 Å². The number of pyridine rings is 1. The lowest BCUT2D eigenvalue weighted by Crippen LogP contribution is -2.12. The maximum atomic E-state index is 12.5. The lowest BCUT2D eigenvalue weighted by Gasteiger charge is -2.10. The Morgan fingerprint density at radius 2 is 1.89 bits per heavy atom. The zero-order valence-electron chi connectivity index (χ0n) is 9.29. The summed E-state index contributed by atoms with van der Waals surface area (Å²) in [5.41, 5.74) is 0.714. The Balaban J connectivity index is 2.13. The molecule has 0 saturated carbocycles. The van der Waals surface area contributed by atoms with Gasteiger partial charge in [0.1, 0.15) is 11.4 Å². The first kappa shape index (κ1) is 11.8. The molecule has 5 heteroatoms. The third-order valence-corrected chi connectivity index (χ3v) is 4.64. The van der Waals surface area contributed by atoms with E-state index in [9.17, 15) is 4.55 Å². The molecule has 0 amide bonds.